The summed E-state index contributed by atoms with van der Waals surface area (Å²) in [4.78, 5) is 10.8. The van der Waals surface area contributed by atoms with E-state index < -0.39 is 0 Å². The first-order valence-electron chi connectivity index (χ1n) is 5.53. The minimum absolute atomic E-state index is 0.310. The Morgan fingerprint density at radius 3 is 2.64 bits per heavy atom. The van der Waals surface area contributed by atoms with Gasteiger partial charge in [-0.05, 0) is 12.3 Å². The second-order valence-corrected chi connectivity index (χ2v) is 3.58. The maximum atomic E-state index is 10.8. The van der Waals surface area contributed by atoms with Crippen molar-refractivity contribution in [2.45, 2.75) is 46.0 Å². The maximum absolute atomic E-state index is 10.8. The third-order valence-electron chi connectivity index (χ3n) is 2.48. The van der Waals surface area contributed by atoms with Gasteiger partial charge in [0, 0.05) is 6.08 Å². The van der Waals surface area contributed by atoms with Crippen LogP contribution >= 0.6 is 0 Å². The molecule has 0 N–H and O–H groups in total. The number of ether oxygens (including phenoxy) is 1. The first-order chi connectivity index (χ1) is 6.74. The Morgan fingerprint density at radius 1 is 1.43 bits per heavy atom. The van der Waals surface area contributed by atoms with Gasteiger partial charge < -0.3 is 4.74 Å². The summed E-state index contributed by atoms with van der Waals surface area (Å²) in [6, 6.07) is 0. The molecule has 0 spiro atoms. The molecule has 14 heavy (non-hydrogen) atoms. The highest BCUT2D eigenvalue weighted by atomic mass is 16.5. The van der Waals surface area contributed by atoms with Crippen LogP contribution < -0.4 is 0 Å². The number of esters is 1. The van der Waals surface area contributed by atoms with Crippen molar-refractivity contribution < 1.29 is 9.53 Å². The molecule has 2 heteroatoms. The lowest BCUT2D eigenvalue weighted by Gasteiger charge is -2.13. The van der Waals surface area contributed by atoms with Gasteiger partial charge in [0.1, 0.15) is 0 Å². The summed E-state index contributed by atoms with van der Waals surface area (Å²) < 4.78 is 4.95. The zero-order valence-corrected chi connectivity index (χ0v) is 9.42. The van der Waals surface area contributed by atoms with Crippen LogP contribution in [-0.4, -0.2) is 12.6 Å². The molecule has 0 saturated carbocycles. The molecule has 0 aromatic carbocycles. The fourth-order valence-corrected chi connectivity index (χ4v) is 1.43. The van der Waals surface area contributed by atoms with Gasteiger partial charge in [-0.2, -0.15) is 0 Å². The van der Waals surface area contributed by atoms with Crippen LogP contribution in [0, 0.1) is 5.92 Å². The van der Waals surface area contributed by atoms with Crippen molar-refractivity contribution >= 4 is 5.97 Å². The number of rotatable bonds is 8. The smallest absolute Gasteiger partial charge is 0.330 e. The van der Waals surface area contributed by atoms with E-state index >= 15 is 0 Å². The maximum Gasteiger partial charge on any atom is 0.330 e. The summed E-state index contributed by atoms with van der Waals surface area (Å²) in [6.45, 7) is 8.28. The van der Waals surface area contributed by atoms with Crippen molar-refractivity contribution in [3.63, 3.8) is 0 Å². The van der Waals surface area contributed by atoms with Gasteiger partial charge in [-0.15, -0.1) is 0 Å². The molecule has 0 amide bonds. The second kappa shape index (κ2) is 8.79. The van der Waals surface area contributed by atoms with Crippen LogP contribution in [0.15, 0.2) is 12.7 Å². The van der Waals surface area contributed by atoms with E-state index in [1.165, 1.54) is 31.8 Å². The Balaban J connectivity index is 3.51. The number of carbonyl (C=O) groups excluding carboxylic acids is 1. The molecule has 0 radical (unpaired) electrons. The number of unbranched alkanes of at least 4 members (excludes halogenated alkanes) is 1. The normalized spacial score (nSPS) is 12.1. The Labute approximate surface area is 87.3 Å². The Kier molecular flexibility index (Phi) is 8.30. The molecule has 2 nitrogen and oxygen atoms in total. The zero-order chi connectivity index (χ0) is 10.8. The third-order valence-corrected chi connectivity index (χ3v) is 2.48. The minimum atomic E-state index is -0.310. The molecule has 0 aromatic rings. The van der Waals surface area contributed by atoms with Crippen LogP contribution in [0.5, 0.6) is 0 Å². The second-order valence-electron chi connectivity index (χ2n) is 3.58. The van der Waals surface area contributed by atoms with Crippen LogP contribution in [0.3, 0.4) is 0 Å². The predicted molar refractivity (Wildman–Crippen MR) is 59.1 cm³/mol. The van der Waals surface area contributed by atoms with Crippen molar-refractivity contribution in [3.8, 4) is 0 Å². The molecule has 0 aliphatic rings. The molecule has 0 bridgehead atoms. The molecule has 0 aromatic heterocycles. The van der Waals surface area contributed by atoms with Gasteiger partial charge in [0.05, 0.1) is 6.61 Å². The highest BCUT2D eigenvalue weighted by Crippen LogP contribution is 2.16. The third kappa shape index (κ3) is 6.70. The molecule has 0 aliphatic heterocycles. The number of hydrogen-bond donors (Lipinski definition) is 0. The first-order valence-corrected chi connectivity index (χ1v) is 5.53. The van der Waals surface area contributed by atoms with E-state index in [9.17, 15) is 4.79 Å². The van der Waals surface area contributed by atoms with Gasteiger partial charge >= 0.3 is 5.97 Å². The van der Waals surface area contributed by atoms with Crippen molar-refractivity contribution in [2.24, 2.45) is 5.92 Å². The Hall–Kier alpha value is -0.790. The molecule has 0 fully saturated rings. The van der Waals surface area contributed by atoms with Crippen molar-refractivity contribution in [3.05, 3.63) is 12.7 Å². The van der Waals surface area contributed by atoms with Crippen molar-refractivity contribution in [1.82, 2.24) is 0 Å². The largest absolute Gasteiger partial charge is 0.463 e. The van der Waals surface area contributed by atoms with Gasteiger partial charge in [0.25, 0.3) is 0 Å². The van der Waals surface area contributed by atoms with E-state index in [0.29, 0.717) is 12.5 Å². The lowest BCUT2D eigenvalue weighted by molar-refractivity contribution is -0.138. The monoisotopic (exact) mass is 198 g/mol. The van der Waals surface area contributed by atoms with E-state index in [1.54, 1.807) is 0 Å². The van der Waals surface area contributed by atoms with E-state index in [0.717, 1.165) is 6.42 Å². The van der Waals surface area contributed by atoms with E-state index in [-0.39, 0.29) is 5.97 Å². The molecule has 0 heterocycles. The van der Waals surface area contributed by atoms with Crippen LogP contribution in [0.2, 0.25) is 0 Å². The molecule has 1 atom stereocenters. The van der Waals surface area contributed by atoms with E-state index in [4.69, 9.17) is 4.74 Å². The SMILES string of the molecule is C=CC(=O)OCCC(CC)CCCC. The van der Waals surface area contributed by atoms with E-state index in [2.05, 4.69) is 20.4 Å². The average Bonchev–Trinajstić information content (AvgIpc) is 2.22. The van der Waals surface area contributed by atoms with Gasteiger partial charge in [-0.25, -0.2) is 4.79 Å². The zero-order valence-electron chi connectivity index (χ0n) is 9.42. The molecule has 1 unspecified atom stereocenters. The predicted octanol–water partition coefficient (Wildman–Crippen LogP) is 3.32. The Morgan fingerprint density at radius 2 is 2.14 bits per heavy atom. The quantitative estimate of drug-likeness (QED) is 0.442. The summed E-state index contributed by atoms with van der Waals surface area (Å²) >= 11 is 0. The summed E-state index contributed by atoms with van der Waals surface area (Å²) in [5, 5.41) is 0. The fourth-order valence-electron chi connectivity index (χ4n) is 1.43. The molecule has 0 saturated heterocycles. The van der Waals surface area contributed by atoms with Crippen LogP contribution in [-0.2, 0) is 9.53 Å². The van der Waals surface area contributed by atoms with Crippen molar-refractivity contribution in [1.29, 1.82) is 0 Å². The van der Waals surface area contributed by atoms with Gasteiger partial charge in [-0.3, -0.25) is 0 Å². The minimum Gasteiger partial charge on any atom is -0.463 e. The standard InChI is InChI=1S/C12H22O2/c1-4-7-8-11(5-2)9-10-14-12(13)6-3/h6,11H,3-5,7-10H2,1-2H3. The highest BCUT2D eigenvalue weighted by molar-refractivity contribution is 5.81. The van der Waals surface area contributed by atoms with Crippen LogP contribution in [0.1, 0.15) is 46.0 Å². The molecular weight excluding hydrogens is 176 g/mol. The van der Waals surface area contributed by atoms with Crippen LogP contribution in [0.4, 0.5) is 0 Å². The first kappa shape index (κ1) is 13.2. The molecule has 0 rings (SSSR count). The molecule has 0 aliphatic carbocycles. The fraction of sp³-hybridized carbons (Fsp3) is 0.750. The number of hydrogen-bond acceptors (Lipinski definition) is 2. The van der Waals surface area contributed by atoms with E-state index in [1.807, 2.05) is 0 Å². The topological polar surface area (TPSA) is 26.3 Å². The lowest BCUT2D eigenvalue weighted by atomic mass is 9.96. The van der Waals surface area contributed by atoms with Gasteiger partial charge in [0.15, 0.2) is 0 Å². The van der Waals surface area contributed by atoms with Gasteiger partial charge in [-0.1, -0.05) is 46.1 Å². The number of carbonyl (C=O) groups is 1. The Bertz CT molecular complexity index is 164. The molecular formula is C12H22O2. The molecule has 82 valence electrons. The van der Waals surface area contributed by atoms with Gasteiger partial charge in [0.2, 0.25) is 0 Å². The van der Waals surface area contributed by atoms with Crippen LogP contribution in [0.25, 0.3) is 0 Å². The van der Waals surface area contributed by atoms with Crippen molar-refractivity contribution in [2.75, 3.05) is 6.61 Å². The summed E-state index contributed by atoms with van der Waals surface area (Å²) in [6.07, 6.45) is 7.13. The highest BCUT2D eigenvalue weighted by Gasteiger charge is 2.06. The summed E-state index contributed by atoms with van der Waals surface area (Å²) in [7, 11) is 0. The summed E-state index contributed by atoms with van der Waals surface area (Å²) in [5.74, 6) is 0.392. The lowest BCUT2D eigenvalue weighted by Crippen LogP contribution is -2.07. The summed E-state index contributed by atoms with van der Waals surface area (Å²) in [5.41, 5.74) is 0. The average molecular weight is 198 g/mol.